The number of fused-ring (bicyclic) bond motifs is 1. The Balaban J connectivity index is 1.88. The number of aromatic hydroxyl groups is 1. The average Bonchev–Trinajstić information content (AvgIpc) is 2.71. The summed E-state index contributed by atoms with van der Waals surface area (Å²) in [5.41, 5.74) is -1.73. The van der Waals surface area contributed by atoms with Gasteiger partial charge >= 0.3 is 0 Å². The zero-order valence-electron chi connectivity index (χ0n) is 15.9. The Morgan fingerprint density at radius 3 is 2.83 bits per heavy atom. The van der Waals surface area contributed by atoms with Crippen LogP contribution >= 0.6 is 11.6 Å². The lowest BCUT2D eigenvalue weighted by atomic mass is 10.1. The molecule has 1 atom stereocenters. The first-order valence-electron chi connectivity index (χ1n) is 8.91. The van der Waals surface area contributed by atoms with Crippen molar-refractivity contribution in [3.05, 3.63) is 62.3 Å². The van der Waals surface area contributed by atoms with Gasteiger partial charge in [-0.3, -0.25) is 14.4 Å². The van der Waals surface area contributed by atoms with Crippen molar-refractivity contribution < 1.29 is 28.9 Å². The van der Waals surface area contributed by atoms with Crippen LogP contribution in [0, 0.1) is 5.82 Å². The maximum Gasteiger partial charge on any atom is 0.276 e. The number of aliphatic hydroxyl groups excluding tert-OH is 1. The number of benzene rings is 1. The highest BCUT2D eigenvalue weighted by molar-refractivity contribution is 6.30. The molecule has 160 valence electrons. The molecule has 1 unspecified atom stereocenters. The summed E-state index contributed by atoms with van der Waals surface area (Å²) in [4.78, 5) is 38.6. The van der Waals surface area contributed by atoms with Gasteiger partial charge in [-0.15, -0.1) is 0 Å². The van der Waals surface area contributed by atoms with E-state index in [2.05, 4.69) is 5.32 Å². The number of rotatable bonds is 6. The second-order valence-electron chi connectivity index (χ2n) is 6.59. The molecule has 2 amide bonds. The van der Waals surface area contributed by atoms with Crippen LogP contribution in [0.4, 0.5) is 4.39 Å². The molecule has 2 aromatic rings. The first-order valence-corrected chi connectivity index (χ1v) is 9.29. The summed E-state index contributed by atoms with van der Waals surface area (Å²) >= 11 is 5.70. The van der Waals surface area contributed by atoms with E-state index in [1.807, 2.05) is 0 Å². The number of methoxy groups -OCH3 is 1. The number of nitrogens with one attached hydrogen (secondary N) is 1. The maximum atomic E-state index is 14.0. The molecule has 0 aliphatic carbocycles. The minimum absolute atomic E-state index is 0.0531. The Labute approximate surface area is 175 Å². The third-order valence-corrected chi connectivity index (χ3v) is 4.98. The smallest absolute Gasteiger partial charge is 0.276 e. The van der Waals surface area contributed by atoms with Crippen LogP contribution < -0.4 is 10.7 Å². The molecule has 30 heavy (non-hydrogen) atoms. The van der Waals surface area contributed by atoms with Crippen molar-refractivity contribution in [1.82, 2.24) is 14.8 Å². The summed E-state index contributed by atoms with van der Waals surface area (Å²) in [5.74, 6) is -3.26. The lowest BCUT2D eigenvalue weighted by Crippen LogP contribution is -2.50. The standard InChI is InChI=1S/C19H19ClFN3O6/c1-30-6-5-24-13(25)9-23-8-11(16(26)17(27)15(23)19(24)29)18(28)22-7-10-3-2-4-12(20)14(10)21/h2-4,8,13,25,27H,5-7,9H2,1H3,(H,22,28). The van der Waals surface area contributed by atoms with E-state index in [0.29, 0.717) is 0 Å². The van der Waals surface area contributed by atoms with E-state index in [1.54, 1.807) is 0 Å². The van der Waals surface area contributed by atoms with Crippen LogP contribution in [-0.2, 0) is 17.8 Å². The second kappa shape index (κ2) is 8.82. The van der Waals surface area contributed by atoms with Gasteiger partial charge in [0.1, 0.15) is 17.6 Å². The van der Waals surface area contributed by atoms with Crippen molar-refractivity contribution in [2.75, 3.05) is 20.3 Å². The third-order valence-electron chi connectivity index (χ3n) is 4.69. The number of ether oxygens (including phenoxy) is 1. The van der Waals surface area contributed by atoms with Gasteiger partial charge in [0, 0.05) is 32.0 Å². The fourth-order valence-electron chi connectivity index (χ4n) is 3.12. The quantitative estimate of drug-likeness (QED) is 0.609. The Kier molecular flexibility index (Phi) is 6.40. The van der Waals surface area contributed by atoms with Crippen LogP contribution in [0.3, 0.4) is 0 Å². The van der Waals surface area contributed by atoms with Crippen LogP contribution in [0.25, 0.3) is 0 Å². The van der Waals surface area contributed by atoms with Crippen LogP contribution in [0.2, 0.25) is 5.02 Å². The fourth-order valence-corrected chi connectivity index (χ4v) is 3.32. The predicted octanol–water partition coefficient (Wildman–Crippen LogP) is 0.697. The molecule has 0 radical (unpaired) electrons. The van der Waals surface area contributed by atoms with E-state index in [4.69, 9.17) is 16.3 Å². The van der Waals surface area contributed by atoms with Crippen molar-refractivity contribution >= 4 is 23.4 Å². The Bertz CT molecular complexity index is 1060. The van der Waals surface area contributed by atoms with Crippen molar-refractivity contribution in [3.8, 4) is 5.75 Å². The zero-order chi connectivity index (χ0) is 22.0. The topological polar surface area (TPSA) is 121 Å². The number of aromatic nitrogens is 1. The van der Waals surface area contributed by atoms with Crippen molar-refractivity contribution in [3.63, 3.8) is 0 Å². The van der Waals surface area contributed by atoms with E-state index < -0.39 is 40.6 Å². The molecule has 11 heteroatoms. The number of pyridine rings is 1. The van der Waals surface area contributed by atoms with Crippen LogP contribution in [-0.4, -0.2) is 58.0 Å². The number of aliphatic hydroxyl groups is 1. The number of carbonyl (C=O) groups is 2. The summed E-state index contributed by atoms with van der Waals surface area (Å²) in [7, 11) is 1.43. The normalized spacial score (nSPS) is 15.8. The molecule has 2 heterocycles. The summed E-state index contributed by atoms with van der Waals surface area (Å²) in [6, 6.07) is 4.28. The largest absolute Gasteiger partial charge is 0.503 e. The number of hydrogen-bond acceptors (Lipinski definition) is 6. The van der Waals surface area contributed by atoms with E-state index in [9.17, 15) is 29.0 Å². The molecule has 0 spiro atoms. The average molecular weight is 440 g/mol. The summed E-state index contributed by atoms with van der Waals surface area (Å²) in [6.45, 7) is -0.215. The Morgan fingerprint density at radius 2 is 2.13 bits per heavy atom. The van der Waals surface area contributed by atoms with Gasteiger partial charge < -0.3 is 29.7 Å². The molecular formula is C19H19ClFN3O6. The van der Waals surface area contributed by atoms with E-state index in [-0.39, 0.29) is 42.5 Å². The Morgan fingerprint density at radius 1 is 1.40 bits per heavy atom. The number of hydrogen-bond donors (Lipinski definition) is 3. The van der Waals surface area contributed by atoms with Gasteiger partial charge in [-0.05, 0) is 6.07 Å². The van der Waals surface area contributed by atoms with Gasteiger partial charge in [-0.25, -0.2) is 4.39 Å². The molecule has 0 bridgehead atoms. The number of amides is 2. The Hall–Kier alpha value is -2.95. The van der Waals surface area contributed by atoms with Gasteiger partial charge in [0.25, 0.3) is 11.8 Å². The first-order chi connectivity index (χ1) is 14.3. The molecule has 1 aromatic heterocycles. The first kappa shape index (κ1) is 21.8. The summed E-state index contributed by atoms with van der Waals surface area (Å²) in [5, 5.41) is 22.8. The summed E-state index contributed by atoms with van der Waals surface area (Å²) in [6.07, 6.45) is -0.158. The van der Waals surface area contributed by atoms with Gasteiger partial charge in [0.2, 0.25) is 5.43 Å². The molecule has 1 aliphatic rings. The molecular weight excluding hydrogens is 421 g/mol. The van der Waals surface area contributed by atoms with Crippen LogP contribution in [0.5, 0.6) is 5.75 Å². The highest BCUT2D eigenvalue weighted by atomic mass is 35.5. The van der Waals surface area contributed by atoms with E-state index in [0.717, 1.165) is 15.7 Å². The SMILES string of the molecule is COCCN1C(=O)c2c(O)c(=O)c(C(=O)NCc3cccc(Cl)c3F)cn2CC1O. The maximum absolute atomic E-state index is 14.0. The van der Waals surface area contributed by atoms with Crippen LogP contribution in [0.1, 0.15) is 26.4 Å². The monoisotopic (exact) mass is 439 g/mol. The molecule has 3 rings (SSSR count). The highest BCUT2D eigenvalue weighted by Crippen LogP contribution is 2.23. The van der Waals surface area contributed by atoms with Gasteiger partial charge in [-0.2, -0.15) is 0 Å². The van der Waals surface area contributed by atoms with E-state index >= 15 is 0 Å². The van der Waals surface area contributed by atoms with E-state index in [1.165, 1.54) is 25.3 Å². The minimum atomic E-state index is -1.24. The second-order valence-corrected chi connectivity index (χ2v) is 7.00. The molecule has 0 fully saturated rings. The molecule has 9 nitrogen and oxygen atoms in total. The molecule has 0 saturated carbocycles. The molecule has 1 aliphatic heterocycles. The zero-order valence-corrected chi connectivity index (χ0v) is 16.6. The van der Waals surface area contributed by atoms with Gasteiger partial charge in [0.05, 0.1) is 18.2 Å². The number of halogens is 2. The molecule has 1 aromatic carbocycles. The van der Waals surface area contributed by atoms with Crippen molar-refractivity contribution in [2.24, 2.45) is 0 Å². The van der Waals surface area contributed by atoms with Gasteiger partial charge in [-0.1, -0.05) is 23.7 Å². The highest BCUT2D eigenvalue weighted by Gasteiger charge is 2.35. The minimum Gasteiger partial charge on any atom is -0.503 e. The third kappa shape index (κ3) is 4.02. The lowest BCUT2D eigenvalue weighted by molar-refractivity contribution is -0.0206. The van der Waals surface area contributed by atoms with Crippen molar-refractivity contribution in [1.29, 1.82) is 0 Å². The van der Waals surface area contributed by atoms with Crippen molar-refractivity contribution in [2.45, 2.75) is 19.3 Å². The summed E-state index contributed by atoms with van der Waals surface area (Å²) < 4.78 is 20.0. The van der Waals surface area contributed by atoms with Gasteiger partial charge in [0.15, 0.2) is 11.4 Å². The number of carbonyl (C=O) groups excluding carboxylic acids is 2. The lowest BCUT2D eigenvalue weighted by Gasteiger charge is -2.34. The number of nitrogens with zero attached hydrogens (tertiary/aromatic N) is 2. The molecule has 3 N–H and O–H groups in total. The fraction of sp³-hybridized carbons (Fsp3) is 0.316. The predicted molar refractivity (Wildman–Crippen MR) is 104 cm³/mol. The molecule has 0 saturated heterocycles. The van der Waals surface area contributed by atoms with Crippen LogP contribution in [0.15, 0.2) is 29.2 Å².